The number of halogens is 1. The number of oxazole rings is 1. The fourth-order valence-corrected chi connectivity index (χ4v) is 3.69. The van der Waals surface area contributed by atoms with Gasteiger partial charge in [-0.05, 0) is 50.2 Å². The van der Waals surface area contributed by atoms with Gasteiger partial charge in [0.15, 0.2) is 11.5 Å². The third-order valence-corrected chi connectivity index (χ3v) is 5.38. The summed E-state index contributed by atoms with van der Waals surface area (Å²) in [6.45, 7) is 2.64. The van der Waals surface area contributed by atoms with E-state index >= 15 is 0 Å². The van der Waals surface area contributed by atoms with Crippen LogP contribution in [0.3, 0.4) is 0 Å². The average Bonchev–Trinajstić information content (AvgIpc) is 3.13. The first-order chi connectivity index (χ1) is 13.2. The molecule has 1 aromatic heterocycles. The van der Waals surface area contributed by atoms with Gasteiger partial charge in [-0.3, -0.25) is 4.79 Å². The van der Waals surface area contributed by atoms with Gasteiger partial charge in [0.05, 0.1) is 10.7 Å². The quantitative estimate of drug-likeness (QED) is 0.694. The Balaban J connectivity index is 1.26. The number of piperidine rings is 1. The van der Waals surface area contributed by atoms with Gasteiger partial charge in [-0.15, -0.1) is 0 Å². The van der Waals surface area contributed by atoms with Gasteiger partial charge < -0.3 is 14.6 Å². The Labute approximate surface area is 163 Å². The Bertz CT molecular complexity index is 899. The van der Waals surface area contributed by atoms with Crippen LogP contribution in [0.25, 0.3) is 11.1 Å². The highest BCUT2D eigenvalue weighted by molar-refractivity contribution is 6.33. The minimum Gasteiger partial charge on any atom is -0.440 e. The molecule has 0 atom stereocenters. The fraction of sp³-hybridized carbons (Fsp3) is 0.333. The maximum absolute atomic E-state index is 12.2. The van der Waals surface area contributed by atoms with Gasteiger partial charge in [0, 0.05) is 18.9 Å². The van der Waals surface area contributed by atoms with E-state index in [1.54, 1.807) is 6.07 Å². The summed E-state index contributed by atoms with van der Waals surface area (Å²) < 4.78 is 5.91. The summed E-state index contributed by atoms with van der Waals surface area (Å²) in [5, 5.41) is 3.44. The number of rotatable bonds is 5. The Morgan fingerprint density at radius 1 is 1.15 bits per heavy atom. The third kappa shape index (κ3) is 4.31. The number of hydrogen-bond acceptors (Lipinski definition) is 4. The lowest BCUT2D eigenvalue weighted by atomic mass is 9.96. The van der Waals surface area contributed by atoms with E-state index in [2.05, 4.69) is 15.2 Å². The van der Waals surface area contributed by atoms with Crippen LogP contribution < -0.4 is 5.32 Å². The number of para-hydroxylation sites is 3. The standard InChI is InChI=1S/C21H22ClN3O2/c22-16-5-1-2-6-17(16)23-20(26)11-14-25-12-9-15(10-13-25)21-24-18-7-3-4-8-19(18)27-21/h1-8,15H,9-14H2,(H,23,26). The summed E-state index contributed by atoms with van der Waals surface area (Å²) in [6.07, 6.45) is 2.46. The normalized spacial score (nSPS) is 15.9. The van der Waals surface area contributed by atoms with Gasteiger partial charge >= 0.3 is 0 Å². The molecule has 1 aliphatic heterocycles. The van der Waals surface area contributed by atoms with Crippen molar-refractivity contribution < 1.29 is 9.21 Å². The maximum Gasteiger partial charge on any atom is 0.225 e. The molecule has 1 aliphatic rings. The summed E-state index contributed by atoms with van der Waals surface area (Å²) in [5.41, 5.74) is 2.44. The molecule has 1 fully saturated rings. The van der Waals surface area contributed by atoms with E-state index in [4.69, 9.17) is 16.0 Å². The van der Waals surface area contributed by atoms with Crippen LogP contribution in [0.5, 0.6) is 0 Å². The van der Waals surface area contributed by atoms with E-state index in [-0.39, 0.29) is 5.91 Å². The summed E-state index contributed by atoms with van der Waals surface area (Å²) >= 11 is 6.08. The molecule has 6 heteroatoms. The number of hydrogen-bond donors (Lipinski definition) is 1. The predicted octanol–water partition coefficient (Wildman–Crippen LogP) is 4.69. The highest BCUT2D eigenvalue weighted by Crippen LogP contribution is 2.30. The molecule has 0 unspecified atom stereocenters. The lowest BCUT2D eigenvalue weighted by Crippen LogP contribution is -2.35. The van der Waals surface area contributed by atoms with Crippen LogP contribution in [0.15, 0.2) is 52.9 Å². The molecule has 1 N–H and O–H groups in total. The van der Waals surface area contributed by atoms with Crippen LogP contribution in [-0.2, 0) is 4.79 Å². The molecule has 0 saturated carbocycles. The van der Waals surface area contributed by atoms with Gasteiger partial charge in [-0.2, -0.15) is 0 Å². The van der Waals surface area contributed by atoms with Gasteiger partial charge in [0.2, 0.25) is 5.91 Å². The molecule has 4 rings (SSSR count). The molecule has 2 aromatic carbocycles. The fourth-order valence-electron chi connectivity index (χ4n) is 3.50. The molecule has 0 aliphatic carbocycles. The second kappa shape index (κ2) is 8.11. The number of aromatic nitrogens is 1. The second-order valence-corrected chi connectivity index (χ2v) is 7.32. The van der Waals surface area contributed by atoms with Crippen molar-refractivity contribution in [3.8, 4) is 0 Å². The number of anilines is 1. The van der Waals surface area contributed by atoms with Crippen molar-refractivity contribution >= 4 is 34.3 Å². The number of amides is 1. The Morgan fingerprint density at radius 3 is 2.67 bits per heavy atom. The van der Waals surface area contributed by atoms with Gasteiger partial charge in [0.1, 0.15) is 5.52 Å². The molecule has 1 saturated heterocycles. The first-order valence-electron chi connectivity index (χ1n) is 9.31. The Hall–Kier alpha value is -2.37. The van der Waals surface area contributed by atoms with E-state index in [1.165, 1.54) is 0 Å². The second-order valence-electron chi connectivity index (χ2n) is 6.91. The number of nitrogens with zero attached hydrogens (tertiary/aromatic N) is 2. The number of benzene rings is 2. The SMILES string of the molecule is O=C(CCN1CCC(c2nc3ccccc3o2)CC1)Nc1ccccc1Cl. The summed E-state index contributed by atoms with van der Waals surface area (Å²) in [6, 6.07) is 15.2. The first kappa shape index (κ1) is 18.0. The van der Waals surface area contributed by atoms with E-state index in [0.29, 0.717) is 23.0 Å². The van der Waals surface area contributed by atoms with Crippen molar-refractivity contribution in [3.05, 3.63) is 59.4 Å². The van der Waals surface area contributed by atoms with Gasteiger partial charge in [-0.25, -0.2) is 4.98 Å². The first-order valence-corrected chi connectivity index (χ1v) is 9.69. The average molecular weight is 384 g/mol. The number of carbonyl (C=O) groups excluding carboxylic acids is 1. The van der Waals surface area contributed by atoms with Crippen LogP contribution in [0.1, 0.15) is 31.1 Å². The molecule has 0 bridgehead atoms. The van der Waals surface area contributed by atoms with Gasteiger partial charge in [0.25, 0.3) is 0 Å². The minimum absolute atomic E-state index is 0.0100. The van der Waals surface area contributed by atoms with Crippen LogP contribution in [-0.4, -0.2) is 35.4 Å². The number of carbonyl (C=O) groups is 1. The lowest BCUT2D eigenvalue weighted by molar-refractivity contribution is -0.116. The van der Waals surface area contributed by atoms with E-state index in [1.807, 2.05) is 42.5 Å². The van der Waals surface area contributed by atoms with Crippen molar-refractivity contribution in [1.82, 2.24) is 9.88 Å². The highest BCUT2D eigenvalue weighted by atomic mass is 35.5. The monoisotopic (exact) mass is 383 g/mol. The number of nitrogens with one attached hydrogen (secondary N) is 1. The molecule has 2 heterocycles. The number of likely N-dealkylation sites (tertiary alicyclic amines) is 1. The minimum atomic E-state index is -0.0100. The molecule has 1 amide bonds. The molecule has 5 nitrogen and oxygen atoms in total. The van der Waals surface area contributed by atoms with Crippen molar-refractivity contribution in [1.29, 1.82) is 0 Å². The summed E-state index contributed by atoms with van der Waals surface area (Å²) in [4.78, 5) is 19.1. The summed E-state index contributed by atoms with van der Waals surface area (Å²) in [7, 11) is 0. The molecular formula is C21H22ClN3O2. The Kier molecular flexibility index (Phi) is 5.41. The maximum atomic E-state index is 12.2. The number of fused-ring (bicyclic) bond motifs is 1. The zero-order valence-electron chi connectivity index (χ0n) is 15.0. The van der Waals surface area contributed by atoms with E-state index in [0.717, 1.165) is 49.5 Å². The third-order valence-electron chi connectivity index (χ3n) is 5.05. The smallest absolute Gasteiger partial charge is 0.225 e. The lowest BCUT2D eigenvalue weighted by Gasteiger charge is -2.30. The van der Waals surface area contributed by atoms with E-state index in [9.17, 15) is 4.79 Å². The van der Waals surface area contributed by atoms with Crippen molar-refractivity contribution in [3.63, 3.8) is 0 Å². The van der Waals surface area contributed by atoms with Gasteiger partial charge in [-0.1, -0.05) is 35.9 Å². The molecule has 0 radical (unpaired) electrons. The molecular weight excluding hydrogens is 362 g/mol. The van der Waals surface area contributed by atoms with Crippen molar-refractivity contribution in [2.75, 3.05) is 25.0 Å². The highest BCUT2D eigenvalue weighted by Gasteiger charge is 2.24. The molecule has 140 valence electrons. The molecule has 0 spiro atoms. The van der Waals surface area contributed by atoms with Crippen LogP contribution in [0.2, 0.25) is 5.02 Å². The van der Waals surface area contributed by atoms with Crippen LogP contribution in [0.4, 0.5) is 5.69 Å². The van der Waals surface area contributed by atoms with Crippen molar-refractivity contribution in [2.45, 2.75) is 25.2 Å². The van der Waals surface area contributed by atoms with Crippen LogP contribution >= 0.6 is 11.6 Å². The zero-order chi connectivity index (χ0) is 18.6. The molecule has 27 heavy (non-hydrogen) atoms. The molecule has 3 aromatic rings. The van der Waals surface area contributed by atoms with E-state index < -0.39 is 0 Å². The largest absolute Gasteiger partial charge is 0.440 e. The van der Waals surface area contributed by atoms with Crippen LogP contribution in [0, 0.1) is 0 Å². The predicted molar refractivity (Wildman–Crippen MR) is 107 cm³/mol. The Morgan fingerprint density at radius 2 is 1.89 bits per heavy atom. The topological polar surface area (TPSA) is 58.4 Å². The zero-order valence-corrected chi connectivity index (χ0v) is 15.8. The summed E-state index contributed by atoms with van der Waals surface area (Å²) in [5.74, 6) is 1.18. The van der Waals surface area contributed by atoms with Crippen molar-refractivity contribution in [2.24, 2.45) is 0 Å².